The quantitative estimate of drug-likeness (QED) is 0.781. The Labute approximate surface area is 126 Å². The van der Waals surface area contributed by atoms with E-state index in [4.69, 9.17) is 0 Å². The maximum absolute atomic E-state index is 4.62. The van der Waals surface area contributed by atoms with E-state index in [1.54, 1.807) is 6.20 Å². The van der Waals surface area contributed by atoms with Gasteiger partial charge >= 0.3 is 0 Å². The van der Waals surface area contributed by atoms with Gasteiger partial charge in [0.2, 0.25) is 5.95 Å². The van der Waals surface area contributed by atoms with E-state index in [1.165, 1.54) is 0 Å². The van der Waals surface area contributed by atoms with Crippen LogP contribution in [-0.2, 0) is 0 Å². The number of rotatable bonds is 8. The third-order valence-electron chi connectivity index (χ3n) is 3.13. The van der Waals surface area contributed by atoms with Crippen LogP contribution in [0.4, 0.5) is 11.8 Å². The van der Waals surface area contributed by atoms with Crippen molar-refractivity contribution in [3.63, 3.8) is 0 Å². The average molecular weight is 288 g/mol. The Morgan fingerprint density at radius 1 is 1.19 bits per heavy atom. The van der Waals surface area contributed by atoms with Crippen molar-refractivity contribution in [2.24, 2.45) is 0 Å². The highest BCUT2D eigenvalue weighted by atomic mass is 15.4. The summed E-state index contributed by atoms with van der Waals surface area (Å²) in [5.74, 6) is 2.41. The number of nitrogens with zero attached hydrogens (tertiary/aromatic N) is 4. The van der Waals surface area contributed by atoms with Crippen molar-refractivity contribution in [3.05, 3.63) is 18.3 Å². The van der Waals surface area contributed by atoms with Gasteiger partial charge in [-0.3, -0.25) is 5.10 Å². The maximum Gasteiger partial charge on any atom is 0.245 e. The second-order valence-corrected chi connectivity index (χ2v) is 4.93. The third kappa shape index (κ3) is 3.93. The Hall–Kier alpha value is -2.11. The molecule has 0 saturated carbocycles. The molecule has 0 amide bonds. The molecule has 0 aromatic carbocycles. The highest BCUT2D eigenvalue weighted by Gasteiger charge is 2.12. The lowest BCUT2D eigenvalue weighted by atomic mass is 10.2. The fourth-order valence-electron chi connectivity index (χ4n) is 2.23. The summed E-state index contributed by atoms with van der Waals surface area (Å²) in [6, 6.07) is 3.92. The number of nitrogens with one attached hydrogen (secondary N) is 2. The van der Waals surface area contributed by atoms with Gasteiger partial charge in [-0.1, -0.05) is 13.8 Å². The van der Waals surface area contributed by atoms with E-state index in [0.717, 1.165) is 55.6 Å². The van der Waals surface area contributed by atoms with Gasteiger partial charge in [-0.15, -0.1) is 5.10 Å². The summed E-state index contributed by atoms with van der Waals surface area (Å²) in [4.78, 5) is 11.1. The first-order valence-corrected chi connectivity index (χ1v) is 7.66. The van der Waals surface area contributed by atoms with E-state index >= 15 is 0 Å². The Balaban J connectivity index is 2.20. The lowest BCUT2D eigenvalue weighted by molar-refractivity contribution is 0.723. The van der Waals surface area contributed by atoms with Crippen LogP contribution in [0, 0.1) is 0 Å². The normalized spacial score (nSPS) is 10.6. The van der Waals surface area contributed by atoms with Crippen LogP contribution >= 0.6 is 0 Å². The molecule has 6 heteroatoms. The van der Waals surface area contributed by atoms with Crippen LogP contribution in [0.5, 0.6) is 0 Å². The van der Waals surface area contributed by atoms with Gasteiger partial charge in [-0.05, 0) is 31.9 Å². The van der Waals surface area contributed by atoms with Gasteiger partial charge < -0.3 is 10.2 Å². The molecule has 2 aromatic rings. The molecule has 2 aromatic heterocycles. The summed E-state index contributed by atoms with van der Waals surface area (Å²) >= 11 is 0. The van der Waals surface area contributed by atoms with Crippen molar-refractivity contribution in [2.45, 2.75) is 33.6 Å². The first kappa shape index (κ1) is 15.3. The largest absolute Gasteiger partial charge is 0.370 e. The van der Waals surface area contributed by atoms with Gasteiger partial charge in [0.25, 0.3) is 0 Å². The molecule has 0 saturated heterocycles. The maximum atomic E-state index is 4.62. The predicted octanol–water partition coefficient (Wildman–Crippen LogP) is 2.92. The van der Waals surface area contributed by atoms with E-state index in [0.29, 0.717) is 0 Å². The molecule has 6 nitrogen and oxygen atoms in total. The SMILES string of the molecule is CCCN(CCC)c1n[nH]c(-c2ccnc(NCC)c2)n1. The molecular formula is C15H24N6. The highest BCUT2D eigenvalue weighted by Crippen LogP contribution is 2.19. The second kappa shape index (κ2) is 7.61. The van der Waals surface area contributed by atoms with E-state index < -0.39 is 0 Å². The van der Waals surface area contributed by atoms with Gasteiger partial charge in [0, 0.05) is 31.4 Å². The summed E-state index contributed by atoms with van der Waals surface area (Å²) in [6.45, 7) is 9.19. The standard InChI is InChI=1S/C15H24N6/c1-4-9-21(10-5-2)15-18-14(19-20-15)12-7-8-17-13(11-12)16-6-3/h7-8,11H,4-6,9-10H2,1-3H3,(H,16,17)(H,18,19,20). The summed E-state index contributed by atoms with van der Waals surface area (Å²) < 4.78 is 0. The van der Waals surface area contributed by atoms with E-state index in [1.807, 2.05) is 19.1 Å². The Morgan fingerprint density at radius 3 is 2.62 bits per heavy atom. The summed E-state index contributed by atoms with van der Waals surface area (Å²) in [5.41, 5.74) is 0.993. The van der Waals surface area contributed by atoms with Crippen molar-refractivity contribution in [1.82, 2.24) is 20.2 Å². The number of H-pyrrole nitrogens is 1. The molecule has 0 aliphatic rings. The van der Waals surface area contributed by atoms with Crippen LogP contribution in [0.3, 0.4) is 0 Å². The van der Waals surface area contributed by atoms with Gasteiger partial charge in [0.1, 0.15) is 5.82 Å². The number of hydrogen-bond acceptors (Lipinski definition) is 5. The van der Waals surface area contributed by atoms with E-state index in [9.17, 15) is 0 Å². The Bertz CT molecular complexity index is 545. The van der Waals surface area contributed by atoms with Crippen LogP contribution in [0.2, 0.25) is 0 Å². The van der Waals surface area contributed by atoms with Crippen LogP contribution in [0.1, 0.15) is 33.6 Å². The number of anilines is 2. The lowest BCUT2D eigenvalue weighted by Gasteiger charge is -2.18. The van der Waals surface area contributed by atoms with Crippen LogP contribution in [0.15, 0.2) is 18.3 Å². The number of pyridine rings is 1. The van der Waals surface area contributed by atoms with Crippen LogP contribution in [-0.4, -0.2) is 39.8 Å². The number of hydrogen-bond donors (Lipinski definition) is 2. The second-order valence-electron chi connectivity index (χ2n) is 4.93. The number of aromatic amines is 1. The Morgan fingerprint density at radius 2 is 1.95 bits per heavy atom. The summed E-state index contributed by atoms with van der Waals surface area (Å²) in [7, 11) is 0. The molecule has 0 bridgehead atoms. The lowest BCUT2D eigenvalue weighted by Crippen LogP contribution is -2.25. The molecule has 0 radical (unpaired) electrons. The monoisotopic (exact) mass is 288 g/mol. The van der Waals surface area contributed by atoms with Gasteiger partial charge in [0.15, 0.2) is 5.82 Å². The first-order valence-electron chi connectivity index (χ1n) is 7.66. The van der Waals surface area contributed by atoms with Gasteiger partial charge in [-0.25, -0.2) is 4.98 Å². The van der Waals surface area contributed by atoms with Crippen LogP contribution in [0.25, 0.3) is 11.4 Å². The van der Waals surface area contributed by atoms with Crippen molar-refractivity contribution >= 4 is 11.8 Å². The van der Waals surface area contributed by atoms with Crippen LogP contribution < -0.4 is 10.2 Å². The zero-order valence-electron chi connectivity index (χ0n) is 13.1. The molecule has 0 atom stereocenters. The molecule has 0 unspecified atom stereocenters. The molecule has 21 heavy (non-hydrogen) atoms. The zero-order chi connectivity index (χ0) is 15.1. The summed E-state index contributed by atoms with van der Waals surface area (Å²) in [5, 5.41) is 10.6. The highest BCUT2D eigenvalue weighted by molar-refractivity contribution is 5.60. The molecule has 2 heterocycles. The third-order valence-corrected chi connectivity index (χ3v) is 3.13. The smallest absolute Gasteiger partial charge is 0.245 e. The molecule has 114 valence electrons. The molecule has 0 spiro atoms. The molecule has 0 fully saturated rings. The van der Waals surface area contributed by atoms with Gasteiger partial charge in [-0.2, -0.15) is 4.98 Å². The Kier molecular flexibility index (Phi) is 5.54. The minimum Gasteiger partial charge on any atom is -0.370 e. The molecule has 0 aliphatic heterocycles. The molecular weight excluding hydrogens is 264 g/mol. The average Bonchev–Trinajstić information content (AvgIpc) is 2.97. The number of aromatic nitrogens is 4. The fourth-order valence-corrected chi connectivity index (χ4v) is 2.23. The minimum absolute atomic E-state index is 0.774. The zero-order valence-corrected chi connectivity index (χ0v) is 13.1. The minimum atomic E-state index is 0.774. The van der Waals surface area contributed by atoms with E-state index in [-0.39, 0.29) is 0 Å². The van der Waals surface area contributed by atoms with Crippen molar-refractivity contribution in [3.8, 4) is 11.4 Å². The first-order chi connectivity index (χ1) is 10.3. The fraction of sp³-hybridized carbons (Fsp3) is 0.533. The van der Waals surface area contributed by atoms with Crippen molar-refractivity contribution in [1.29, 1.82) is 0 Å². The topological polar surface area (TPSA) is 69.7 Å². The predicted molar refractivity (Wildman–Crippen MR) is 86.6 cm³/mol. The molecule has 2 rings (SSSR count). The van der Waals surface area contributed by atoms with Crippen molar-refractivity contribution < 1.29 is 0 Å². The van der Waals surface area contributed by atoms with E-state index in [2.05, 4.69) is 44.2 Å². The van der Waals surface area contributed by atoms with Gasteiger partial charge in [0.05, 0.1) is 0 Å². The summed E-state index contributed by atoms with van der Waals surface area (Å²) in [6.07, 6.45) is 3.96. The molecule has 2 N–H and O–H groups in total. The van der Waals surface area contributed by atoms with Crippen molar-refractivity contribution in [2.75, 3.05) is 29.9 Å². The molecule has 0 aliphatic carbocycles.